The maximum atomic E-state index is 10.6. The van der Waals surface area contributed by atoms with Gasteiger partial charge in [0.2, 0.25) is 5.82 Å². The van der Waals surface area contributed by atoms with Gasteiger partial charge in [0.15, 0.2) is 0 Å². The van der Waals surface area contributed by atoms with Gasteiger partial charge < -0.3 is 10.2 Å². The van der Waals surface area contributed by atoms with Gasteiger partial charge in [0, 0.05) is 18.0 Å². The monoisotopic (exact) mass is 230 g/mol. The molecule has 0 aliphatic heterocycles. The van der Waals surface area contributed by atoms with E-state index in [1.54, 1.807) is 12.1 Å². The summed E-state index contributed by atoms with van der Waals surface area (Å²) < 4.78 is 0. The van der Waals surface area contributed by atoms with Gasteiger partial charge in [-0.2, -0.15) is 0 Å². The minimum absolute atomic E-state index is 0.0398. The Labute approximate surface area is 97.4 Å². The van der Waals surface area contributed by atoms with Crippen molar-refractivity contribution >= 4 is 5.97 Å². The van der Waals surface area contributed by atoms with Crippen LogP contribution in [0.1, 0.15) is 16.2 Å². The zero-order chi connectivity index (χ0) is 12.3. The Morgan fingerprint density at radius 2 is 1.88 bits per heavy atom. The van der Waals surface area contributed by atoms with Crippen LogP contribution in [0, 0.1) is 0 Å². The molecule has 0 amide bonds. The van der Waals surface area contributed by atoms with E-state index in [2.05, 4.69) is 9.97 Å². The van der Waals surface area contributed by atoms with Crippen molar-refractivity contribution in [3.63, 3.8) is 0 Å². The van der Waals surface area contributed by atoms with Gasteiger partial charge in [-0.1, -0.05) is 18.2 Å². The summed E-state index contributed by atoms with van der Waals surface area (Å²) in [6.07, 6.45) is 2.90. The van der Waals surface area contributed by atoms with Crippen molar-refractivity contribution in [3.8, 4) is 11.1 Å². The van der Waals surface area contributed by atoms with E-state index >= 15 is 0 Å². The number of rotatable bonds is 3. The molecule has 1 heterocycles. The van der Waals surface area contributed by atoms with Gasteiger partial charge in [0.25, 0.3) is 0 Å². The van der Waals surface area contributed by atoms with Gasteiger partial charge in [-0.3, -0.25) is 0 Å². The van der Waals surface area contributed by atoms with Crippen LogP contribution < -0.4 is 0 Å². The minimum atomic E-state index is -1.15. The molecule has 2 N–H and O–H groups in total. The summed E-state index contributed by atoms with van der Waals surface area (Å²) >= 11 is 0. The van der Waals surface area contributed by atoms with Crippen molar-refractivity contribution < 1.29 is 15.0 Å². The van der Waals surface area contributed by atoms with Crippen molar-refractivity contribution in [1.29, 1.82) is 0 Å². The average molecular weight is 230 g/mol. The second-order valence-electron chi connectivity index (χ2n) is 3.46. The summed E-state index contributed by atoms with van der Waals surface area (Å²) in [5.74, 6) is -1.38. The highest BCUT2D eigenvalue weighted by molar-refractivity contribution is 5.83. The first-order valence-corrected chi connectivity index (χ1v) is 4.96. The van der Waals surface area contributed by atoms with Crippen LogP contribution >= 0.6 is 0 Å². The Morgan fingerprint density at radius 1 is 1.18 bits per heavy atom. The number of carbonyl (C=O) groups is 1. The van der Waals surface area contributed by atoms with Crippen LogP contribution in [0.25, 0.3) is 11.1 Å². The van der Waals surface area contributed by atoms with E-state index in [0.717, 1.165) is 11.1 Å². The van der Waals surface area contributed by atoms with Crippen molar-refractivity contribution in [2.24, 2.45) is 0 Å². The van der Waals surface area contributed by atoms with E-state index in [4.69, 9.17) is 10.2 Å². The molecular formula is C12H10N2O3. The lowest BCUT2D eigenvalue weighted by Crippen LogP contribution is -2.03. The Bertz CT molecular complexity index is 538. The fourth-order valence-electron chi connectivity index (χ4n) is 1.44. The minimum Gasteiger partial charge on any atom is -0.475 e. The van der Waals surface area contributed by atoms with E-state index in [-0.39, 0.29) is 12.4 Å². The first-order chi connectivity index (χ1) is 8.20. The molecule has 0 spiro atoms. The second kappa shape index (κ2) is 4.71. The van der Waals surface area contributed by atoms with Gasteiger partial charge in [0.05, 0.1) is 6.61 Å². The lowest BCUT2D eigenvalue weighted by molar-refractivity contribution is 0.0683. The summed E-state index contributed by atoms with van der Waals surface area (Å²) in [6, 6.07) is 7.26. The topological polar surface area (TPSA) is 83.3 Å². The van der Waals surface area contributed by atoms with Crippen molar-refractivity contribution in [3.05, 3.63) is 48.0 Å². The second-order valence-corrected chi connectivity index (χ2v) is 3.46. The van der Waals surface area contributed by atoms with E-state index in [1.165, 1.54) is 12.4 Å². The van der Waals surface area contributed by atoms with Crippen LogP contribution in [0.3, 0.4) is 0 Å². The summed E-state index contributed by atoms with van der Waals surface area (Å²) in [7, 11) is 0. The van der Waals surface area contributed by atoms with E-state index in [9.17, 15) is 4.79 Å². The van der Waals surface area contributed by atoms with Crippen LogP contribution in [0.15, 0.2) is 36.7 Å². The fraction of sp³-hybridized carbons (Fsp3) is 0.0833. The van der Waals surface area contributed by atoms with Crippen LogP contribution in [-0.4, -0.2) is 26.2 Å². The van der Waals surface area contributed by atoms with Crippen LogP contribution in [-0.2, 0) is 6.61 Å². The number of aromatic carboxylic acids is 1. The molecule has 0 saturated carbocycles. The molecule has 86 valence electrons. The molecule has 17 heavy (non-hydrogen) atoms. The predicted octanol–water partition coefficient (Wildman–Crippen LogP) is 1.33. The zero-order valence-corrected chi connectivity index (χ0v) is 8.87. The molecule has 0 unspecified atom stereocenters. The Kier molecular flexibility index (Phi) is 3.11. The fourth-order valence-corrected chi connectivity index (χ4v) is 1.44. The molecule has 0 saturated heterocycles. The highest BCUT2D eigenvalue weighted by atomic mass is 16.4. The molecule has 0 aliphatic rings. The van der Waals surface area contributed by atoms with E-state index in [1.807, 2.05) is 12.1 Å². The summed E-state index contributed by atoms with van der Waals surface area (Å²) in [4.78, 5) is 18.1. The molecule has 0 bridgehead atoms. The number of hydrogen-bond donors (Lipinski definition) is 2. The average Bonchev–Trinajstić information content (AvgIpc) is 2.39. The Morgan fingerprint density at radius 3 is 2.47 bits per heavy atom. The van der Waals surface area contributed by atoms with E-state index < -0.39 is 5.97 Å². The molecule has 0 fully saturated rings. The molecule has 0 radical (unpaired) electrons. The molecule has 5 nitrogen and oxygen atoms in total. The lowest BCUT2D eigenvalue weighted by Gasteiger charge is -2.03. The van der Waals surface area contributed by atoms with Gasteiger partial charge in [-0.15, -0.1) is 0 Å². The highest BCUT2D eigenvalue weighted by Crippen LogP contribution is 2.18. The molecule has 0 atom stereocenters. The largest absolute Gasteiger partial charge is 0.475 e. The van der Waals surface area contributed by atoms with Crippen molar-refractivity contribution in [2.75, 3.05) is 0 Å². The summed E-state index contributed by atoms with van der Waals surface area (Å²) in [6.45, 7) is -0.0398. The third kappa shape index (κ3) is 2.46. The molecule has 5 heteroatoms. The van der Waals surface area contributed by atoms with Gasteiger partial charge in [-0.25, -0.2) is 14.8 Å². The molecule has 2 aromatic rings. The number of aliphatic hydroxyl groups excluding tert-OH is 1. The van der Waals surface area contributed by atoms with Gasteiger partial charge in [-0.05, 0) is 17.2 Å². The molecule has 2 rings (SSSR count). The third-order valence-electron chi connectivity index (χ3n) is 2.29. The number of carboxylic acids is 1. The lowest BCUT2D eigenvalue weighted by atomic mass is 10.1. The third-order valence-corrected chi connectivity index (χ3v) is 2.29. The standard InChI is InChI=1S/C12H10N2O3/c15-7-8-2-1-3-9(4-8)10-5-13-11(12(16)17)14-6-10/h1-6,15H,7H2,(H,16,17). The van der Waals surface area contributed by atoms with Gasteiger partial charge >= 0.3 is 5.97 Å². The number of carboxylic acid groups (broad SMARTS) is 1. The maximum absolute atomic E-state index is 10.6. The SMILES string of the molecule is O=C(O)c1ncc(-c2cccc(CO)c2)cn1. The number of aromatic nitrogens is 2. The van der Waals surface area contributed by atoms with Crippen molar-refractivity contribution in [1.82, 2.24) is 9.97 Å². The predicted molar refractivity (Wildman–Crippen MR) is 60.4 cm³/mol. The van der Waals surface area contributed by atoms with E-state index in [0.29, 0.717) is 5.56 Å². The quantitative estimate of drug-likeness (QED) is 0.831. The molecule has 1 aromatic heterocycles. The van der Waals surface area contributed by atoms with Crippen LogP contribution in [0.5, 0.6) is 0 Å². The normalized spacial score (nSPS) is 10.2. The highest BCUT2D eigenvalue weighted by Gasteiger charge is 2.06. The smallest absolute Gasteiger partial charge is 0.373 e. The van der Waals surface area contributed by atoms with Crippen LogP contribution in [0.2, 0.25) is 0 Å². The molecule has 0 aliphatic carbocycles. The van der Waals surface area contributed by atoms with Crippen molar-refractivity contribution in [2.45, 2.75) is 6.61 Å². The first-order valence-electron chi connectivity index (χ1n) is 4.96. The maximum Gasteiger partial charge on any atom is 0.373 e. The first kappa shape index (κ1) is 11.2. The summed E-state index contributed by atoms with van der Waals surface area (Å²) in [5, 5.41) is 17.7. The number of aliphatic hydroxyl groups is 1. The zero-order valence-electron chi connectivity index (χ0n) is 8.87. The summed E-state index contributed by atoms with van der Waals surface area (Å²) in [5.41, 5.74) is 2.34. The number of hydrogen-bond acceptors (Lipinski definition) is 4. The molecule has 1 aromatic carbocycles. The number of benzene rings is 1. The van der Waals surface area contributed by atoms with Gasteiger partial charge in [0.1, 0.15) is 0 Å². The Balaban J connectivity index is 2.36. The van der Waals surface area contributed by atoms with Crippen LogP contribution in [0.4, 0.5) is 0 Å². The molecular weight excluding hydrogens is 220 g/mol. The Hall–Kier alpha value is -2.27. The number of nitrogens with zero attached hydrogens (tertiary/aromatic N) is 2.